The summed E-state index contributed by atoms with van der Waals surface area (Å²) >= 11 is 0. The van der Waals surface area contributed by atoms with Gasteiger partial charge in [-0.3, -0.25) is 0 Å². The molecular weight excluding hydrogens is 238 g/mol. The summed E-state index contributed by atoms with van der Waals surface area (Å²) in [5.41, 5.74) is 9.65. The topological polar surface area (TPSA) is 44.5 Å². The summed E-state index contributed by atoms with van der Waals surface area (Å²) in [5, 5.41) is 0. The first kappa shape index (κ1) is 16.2. The maximum atomic E-state index is 6.16. The normalized spacial score (nSPS) is 13.6. The van der Waals surface area contributed by atoms with E-state index in [9.17, 15) is 0 Å². The van der Waals surface area contributed by atoms with Crippen molar-refractivity contribution >= 4 is 0 Å². The van der Waals surface area contributed by atoms with E-state index in [0.29, 0.717) is 13.2 Å². The van der Waals surface area contributed by atoms with Gasteiger partial charge < -0.3 is 15.2 Å². The van der Waals surface area contributed by atoms with Crippen LogP contribution in [0.4, 0.5) is 0 Å². The Morgan fingerprint density at radius 2 is 1.74 bits per heavy atom. The molecule has 2 N–H and O–H groups in total. The third-order valence-corrected chi connectivity index (χ3v) is 3.37. The van der Waals surface area contributed by atoms with Gasteiger partial charge in [0.2, 0.25) is 0 Å². The van der Waals surface area contributed by atoms with Gasteiger partial charge in [0.25, 0.3) is 0 Å². The van der Waals surface area contributed by atoms with Crippen molar-refractivity contribution in [2.24, 2.45) is 5.73 Å². The number of hydrogen-bond donors (Lipinski definition) is 1. The quantitative estimate of drug-likeness (QED) is 0.770. The maximum Gasteiger partial charge on any atom is 0.0659 e. The maximum absolute atomic E-state index is 6.16. The van der Waals surface area contributed by atoms with Crippen LogP contribution in [0.3, 0.4) is 0 Å². The third kappa shape index (κ3) is 5.72. The molecule has 0 amide bonds. The predicted molar refractivity (Wildman–Crippen MR) is 79.4 cm³/mol. The smallest absolute Gasteiger partial charge is 0.0659 e. The standard InChI is InChI=1S/C16H27NO2/c1-12-8-13(2)10-14(9-12)15(17)11-19-7-6-16(3,4)18-5/h8-10,15H,6-7,11,17H2,1-5H3. The lowest BCUT2D eigenvalue weighted by Gasteiger charge is -2.23. The molecular formula is C16H27NO2. The molecule has 0 fully saturated rings. The number of rotatable bonds is 7. The zero-order chi connectivity index (χ0) is 14.5. The van der Waals surface area contributed by atoms with Crippen LogP contribution in [0.2, 0.25) is 0 Å². The summed E-state index contributed by atoms with van der Waals surface area (Å²) in [7, 11) is 1.72. The molecule has 0 saturated heterocycles. The summed E-state index contributed by atoms with van der Waals surface area (Å²) in [4.78, 5) is 0. The summed E-state index contributed by atoms with van der Waals surface area (Å²) in [6.45, 7) is 9.50. The lowest BCUT2D eigenvalue weighted by Crippen LogP contribution is -2.25. The van der Waals surface area contributed by atoms with E-state index in [2.05, 4.69) is 45.9 Å². The van der Waals surface area contributed by atoms with Crippen LogP contribution in [0.1, 0.15) is 43.0 Å². The molecule has 0 aliphatic rings. The van der Waals surface area contributed by atoms with Crippen molar-refractivity contribution in [3.63, 3.8) is 0 Å². The lowest BCUT2D eigenvalue weighted by atomic mass is 10.0. The van der Waals surface area contributed by atoms with Crippen LogP contribution in [0.5, 0.6) is 0 Å². The van der Waals surface area contributed by atoms with Crippen molar-refractivity contribution < 1.29 is 9.47 Å². The minimum absolute atomic E-state index is 0.0655. The Morgan fingerprint density at radius 1 is 1.16 bits per heavy atom. The molecule has 0 heterocycles. The van der Waals surface area contributed by atoms with Gasteiger partial charge in [0.05, 0.1) is 18.2 Å². The average Bonchev–Trinajstić information content (AvgIpc) is 2.33. The van der Waals surface area contributed by atoms with Crippen molar-refractivity contribution in [3.05, 3.63) is 34.9 Å². The number of methoxy groups -OCH3 is 1. The number of hydrogen-bond acceptors (Lipinski definition) is 3. The van der Waals surface area contributed by atoms with E-state index in [4.69, 9.17) is 15.2 Å². The van der Waals surface area contributed by atoms with Crippen molar-refractivity contribution in [2.75, 3.05) is 20.3 Å². The zero-order valence-corrected chi connectivity index (χ0v) is 12.8. The first-order chi connectivity index (χ1) is 8.84. The van der Waals surface area contributed by atoms with Crippen molar-refractivity contribution in [1.82, 2.24) is 0 Å². The third-order valence-electron chi connectivity index (χ3n) is 3.37. The van der Waals surface area contributed by atoms with Crippen LogP contribution in [-0.2, 0) is 9.47 Å². The van der Waals surface area contributed by atoms with Crippen LogP contribution >= 0.6 is 0 Å². The van der Waals surface area contributed by atoms with Crippen molar-refractivity contribution in [1.29, 1.82) is 0 Å². The lowest BCUT2D eigenvalue weighted by molar-refractivity contribution is -0.0113. The van der Waals surface area contributed by atoms with E-state index in [1.807, 2.05) is 0 Å². The zero-order valence-electron chi connectivity index (χ0n) is 12.8. The molecule has 1 unspecified atom stereocenters. The molecule has 0 aromatic heterocycles. The van der Waals surface area contributed by atoms with Gasteiger partial charge in [-0.25, -0.2) is 0 Å². The van der Waals surface area contributed by atoms with Gasteiger partial charge in [-0.1, -0.05) is 29.3 Å². The molecule has 0 aliphatic heterocycles. The van der Waals surface area contributed by atoms with Crippen LogP contribution < -0.4 is 5.73 Å². The van der Waals surface area contributed by atoms with E-state index in [-0.39, 0.29) is 11.6 Å². The van der Waals surface area contributed by atoms with Gasteiger partial charge in [-0.2, -0.15) is 0 Å². The second kappa shape index (κ2) is 7.04. The van der Waals surface area contributed by atoms with Gasteiger partial charge in [0, 0.05) is 13.7 Å². The molecule has 1 rings (SSSR count). The Balaban J connectivity index is 2.41. The molecule has 108 valence electrons. The summed E-state index contributed by atoms with van der Waals surface area (Å²) < 4.78 is 11.0. The minimum atomic E-state index is -0.135. The average molecular weight is 265 g/mol. The SMILES string of the molecule is COC(C)(C)CCOCC(N)c1cc(C)cc(C)c1. The molecule has 0 saturated carbocycles. The van der Waals surface area contributed by atoms with Crippen LogP contribution in [0, 0.1) is 13.8 Å². The van der Waals surface area contributed by atoms with Gasteiger partial charge in [-0.15, -0.1) is 0 Å². The van der Waals surface area contributed by atoms with E-state index in [1.54, 1.807) is 7.11 Å². The molecule has 1 aromatic rings. The summed E-state index contributed by atoms with van der Waals surface area (Å²) in [5.74, 6) is 0. The fourth-order valence-electron chi connectivity index (χ4n) is 1.95. The Labute approximate surface area is 117 Å². The molecule has 3 nitrogen and oxygen atoms in total. The van der Waals surface area contributed by atoms with Crippen molar-refractivity contribution in [3.8, 4) is 0 Å². The molecule has 19 heavy (non-hydrogen) atoms. The second-order valence-corrected chi connectivity index (χ2v) is 5.82. The van der Waals surface area contributed by atoms with Gasteiger partial charge in [-0.05, 0) is 39.7 Å². The van der Waals surface area contributed by atoms with E-state index < -0.39 is 0 Å². The second-order valence-electron chi connectivity index (χ2n) is 5.82. The Morgan fingerprint density at radius 3 is 2.26 bits per heavy atom. The van der Waals surface area contributed by atoms with Gasteiger partial charge >= 0.3 is 0 Å². The number of ether oxygens (including phenoxy) is 2. The summed E-state index contributed by atoms with van der Waals surface area (Å²) in [6, 6.07) is 6.34. The first-order valence-electron chi connectivity index (χ1n) is 6.81. The molecule has 0 spiro atoms. The minimum Gasteiger partial charge on any atom is -0.379 e. The molecule has 0 aliphatic carbocycles. The monoisotopic (exact) mass is 265 g/mol. The highest BCUT2D eigenvalue weighted by Gasteiger charge is 2.16. The van der Waals surface area contributed by atoms with Crippen LogP contribution in [-0.4, -0.2) is 25.9 Å². The number of benzene rings is 1. The Hall–Kier alpha value is -0.900. The molecule has 1 aromatic carbocycles. The van der Waals surface area contributed by atoms with Crippen LogP contribution in [0.25, 0.3) is 0 Å². The first-order valence-corrected chi connectivity index (χ1v) is 6.81. The highest BCUT2D eigenvalue weighted by atomic mass is 16.5. The Bertz CT molecular complexity index is 381. The molecule has 0 bridgehead atoms. The van der Waals surface area contributed by atoms with Gasteiger partial charge in [0.1, 0.15) is 0 Å². The largest absolute Gasteiger partial charge is 0.379 e. The molecule has 0 radical (unpaired) electrons. The fourth-order valence-corrected chi connectivity index (χ4v) is 1.95. The van der Waals surface area contributed by atoms with E-state index in [1.165, 1.54) is 11.1 Å². The molecule has 1 atom stereocenters. The summed E-state index contributed by atoms with van der Waals surface area (Å²) in [6.07, 6.45) is 0.864. The predicted octanol–water partition coefficient (Wildman–Crippen LogP) is 3.13. The number of aryl methyl sites for hydroxylation is 2. The van der Waals surface area contributed by atoms with E-state index in [0.717, 1.165) is 12.0 Å². The molecule has 3 heteroatoms. The van der Waals surface area contributed by atoms with Crippen LogP contribution in [0.15, 0.2) is 18.2 Å². The van der Waals surface area contributed by atoms with Crippen molar-refractivity contribution in [2.45, 2.75) is 45.8 Å². The van der Waals surface area contributed by atoms with E-state index >= 15 is 0 Å². The number of nitrogens with two attached hydrogens (primary N) is 1. The Kier molecular flexibility index (Phi) is 5.98. The highest BCUT2D eigenvalue weighted by Crippen LogP contribution is 2.17. The van der Waals surface area contributed by atoms with Gasteiger partial charge in [0.15, 0.2) is 0 Å². The fraction of sp³-hybridized carbons (Fsp3) is 0.625. The highest BCUT2D eigenvalue weighted by molar-refractivity contribution is 5.30.